The number of hydrogen-bond acceptors (Lipinski definition) is 3. The Morgan fingerprint density at radius 2 is 1.90 bits per heavy atom. The van der Waals surface area contributed by atoms with E-state index in [1.807, 2.05) is 6.07 Å². The summed E-state index contributed by atoms with van der Waals surface area (Å²) < 4.78 is 5.92. The second-order valence-corrected chi connectivity index (χ2v) is 6.21. The molecule has 0 aliphatic heterocycles. The summed E-state index contributed by atoms with van der Waals surface area (Å²) in [6, 6.07) is 4.60. The quantitative estimate of drug-likeness (QED) is 0.639. The van der Waals surface area contributed by atoms with Gasteiger partial charge < -0.3 is 10.1 Å². The Hall–Kier alpha value is -1.09. The van der Waals surface area contributed by atoms with Gasteiger partial charge in [0.25, 0.3) is 0 Å². The number of unbranched alkanes of at least 4 members (excludes halogenated alkanes) is 3. The first-order valence-electron chi connectivity index (χ1n) is 8.39. The Kier molecular flexibility index (Phi) is 8.36. The average molecular weight is 292 g/mol. The van der Waals surface area contributed by atoms with Crippen LogP contribution in [-0.4, -0.2) is 17.1 Å². The number of nitrogens with one attached hydrogen (secondary N) is 1. The molecule has 1 aromatic heterocycles. The van der Waals surface area contributed by atoms with Crippen LogP contribution in [0.3, 0.4) is 0 Å². The van der Waals surface area contributed by atoms with Crippen LogP contribution in [0.15, 0.2) is 12.1 Å². The molecule has 0 bridgehead atoms. The minimum absolute atomic E-state index is 0.244. The van der Waals surface area contributed by atoms with E-state index in [4.69, 9.17) is 4.74 Å². The SMILES string of the molecule is CCCCCCC(C)Oc1ccc(CNC(C)C)c(C)n1. The minimum Gasteiger partial charge on any atom is -0.475 e. The lowest BCUT2D eigenvalue weighted by Crippen LogP contribution is -2.22. The lowest BCUT2D eigenvalue weighted by molar-refractivity contribution is 0.198. The number of hydrogen-bond donors (Lipinski definition) is 1. The van der Waals surface area contributed by atoms with Crippen LogP contribution in [0.25, 0.3) is 0 Å². The second kappa shape index (κ2) is 9.78. The Labute approximate surface area is 130 Å². The fourth-order valence-corrected chi connectivity index (χ4v) is 2.26. The van der Waals surface area contributed by atoms with Crippen LogP contribution in [0.5, 0.6) is 5.88 Å². The lowest BCUT2D eigenvalue weighted by atomic mass is 10.1. The van der Waals surface area contributed by atoms with E-state index in [1.54, 1.807) is 0 Å². The van der Waals surface area contributed by atoms with Crippen LogP contribution in [0.4, 0.5) is 0 Å². The summed E-state index contributed by atoms with van der Waals surface area (Å²) >= 11 is 0. The van der Waals surface area contributed by atoms with Gasteiger partial charge in [-0.25, -0.2) is 4.98 Å². The summed E-state index contributed by atoms with van der Waals surface area (Å²) in [5, 5.41) is 3.42. The first kappa shape index (κ1) is 18.0. The van der Waals surface area contributed by atoms with Gasteiger partial charge in [-0.1, -0.05) is 46.1 Å². The monoisotopic (exact) mass is 292 g/mol. The van der Waals surface area contributed by atoms with Gasteiger partial charge in [0, 0.05) is 24.3 Å². The Bertz CT molecular complexity index is 404. The molecular formula is C18H32N2O. The molecule has 0 aromatic carbocycles. The fourth-order valence-electron chi connectivity index (χ4n) is 2.26. The van der Waals surface area contributed by atoms with Crippen molar-refractivity contribution in [3.8, 4) is 5.88 Å². The maximum absolute atomic E-state index is 5.92. The van der Waals surface area contributed by atoms with Gasteiger partial charge in [-0.15, -0.1) is 0 Å². The number of rotatable bonds is 10. The van der Waals surface area contributed by atoms with Gasteiger partial charge in [0.05, 0.1) is 6.10 Å². The van der Waals surface area contributed by atoms with Crippen molar-refractivity contribution in [1.82, 2.24) is 10.3 Å². The van der Waals surface area contributed by atoms with Crippen LogP contribution < -0.4 is 10.1 Å². The zero-order valence-corrected chi connectivity index (χ0v) is 14.4. The lowest BCUT2D eigenvalue weighted by Gasteiger charge is -2.15. The van der Waals surface area contributed by atoms with Crippen molar-refractivity contribution < 1.29 is 4.74 Å². The van der Waals surface area contributed by atoms with Gasteiger partial charge in [-0.05, 0) is 32.3 Å². The molecule has 0 fully saturated rings. The average Bonchev–Trinajstić information content (AvgIpc) is 2.42. The van der Waals surface area contributed by atoms with Crippen molar-refractivity contribution in [3.63, 3.8) is 0 Å². The zero-order chi connectivity index (χ0) is 15.7. The van der Waals surface area contributed by atoms with Gasteiger partial charge in [0.2, 0.25) is 5.88 Å². The summed E-state index contributed by atoms with van der Waals surface area (Å²) in [6.07, 6.45) is 6.50. The van der Waals surface area contributed by atoms with Gasteiger partial charge in [-0.3, -0.25) is 0 Å². The normalized spacial score (nSPS) is 12.7. The maximum atomic E-state index is 5.92. The topological polar surface area (TPSA) is 34.1 Å². The van der Waals surface area contributed by atoms with Crippen LogP contribution >= 0.6 is 0 Å². The molecule has 1 N–H and O–H groups in total. The summed E-state index contributed by atoms with van der Waals surface area (Å²) in [5.41, 5.74) is 2.30. The van der Waals surface area contributed by atoms with Crippen molar-refractivity contribution in [2.24, 2.45) is 0 Å². The first-order valence-corrected chi connectivity index (χ1v) is 8.39. The molecule has 3 heteroatoms. The van der Waals surface area contributed by atoms with Gasteiger partial charge >= 0.3 is 0 Å². The number of aryl methyl sites for hydroxylation is 1. The number of pyridine rings is 1. The highest BCUT2D eigenvalue weighted by molar-refractivity contribution is 5.25. The molecule has 1 atom stereocenters. The summed E-state index contributed by atoms with van der Waals surface area (Å²) in [4.78, 5) is 4.57. The number of ether oxygens (including phenoxy) is 1. The Morgan fingerprint density at radius 3 is 2.52 bits per heavy atom. The van der Waals surface area contributed by atoms with Crippen LogP contribution in [-0.2, 0) is 6.54 Å². The minimum atomic E-state index is 0.244. The molecule has 3 nitrogen and oxygen atoms in total. The predicted molar refractivity (Wildman–Crippen MR) is 89.8 cm³/mol. The largest absolute Gasteiger partial charge is 0.475 e. The molecule has 0 spiro atoms. The van der Waals surface area contributed by atoms with Crippen LogP contribution in [0.1, 0.15) is 71.1 Å². The zero-order valence-electron chi connectivity index (χ0n) is 14.4. The third-order valence-electron chi connectivity index (χ3n) is 3.66. The second-order valence-electron chi connectivity index (χ2n) is 6.21. The summed E-state index contributed by atoms with van der Waals surface area (Å²) in [6.45, 7) is 11.6. The molecule has 0 aliphatic carbocycles. The summed E-state index contributed by atoms with van der Waals surface area (Å²) in [7, 11) is 0. The molecule has 1 heterocycles. The van der Waals surface area contributed by atoms with E-state index in [0.29, 0.717) is 6.04 Å². The van der Waals surface area contributed by atoms with E-state index in [2.05, 4.69) is 51.0 Å². The smallest absolute Gasteiger partial charge is 0.213 e. The van der Waals surface area contributed by atoms with E-state index >= 15 is 0 Å². The molecular weight excluding hydrogens is 260 g/mol. The van der Waals surface area contributed by atoms with E-state index in [9.17, 15) is 0 Å². The predicted octanol–water partition coefficient (Wildman–Crippen LogP) is 4.63. The third-order valence-corrected chi connectivity index (χ3v) is 3.66. The van der Waals surface area contributed by atoms with Crippen molar-refractivity contribution in [2.45, 2.75) is 85.4 Å². The molecule has 120 valence electrons. The number of aromatic nitrogens is 1. The van der Waals surface area contributed by atoms with E-state index in [0.717, 1.165) is 24.5 Å². The van der Waals surface area contributed by atoms with Crippen molar-refractivity contribution in [2.75, 3.05) is 0 Å². The van der Waals surface area contributed by atoms with Crippen LogP contribution in [0.2, 0.25) is 0 Å². The molecule has 0 saturated carbocycles. The number of nitrogens with zero attached hydrogens (tertiary/aromatic N) is 1. The molecule has 0 aliphatic rings. The molecule has 0 radical (unpaired) electrons. The van der Waals surface area contributed by atoms with E-state index in [1.165, 1.54) is 31.2 Å². The fraction of sp³-hybridized carbons (Fsp3) is 0.722. The highest BCUT2D eigenvalue weighted by Crippen LogP contribution is 2.16. The molecule has 21 heavy (non-hydrogen) atoms. The van der Waals surface area contributed by atoms with Gasteiger partial charge in [0.1, 0.15) is 0 Å². The molecule has 0 saturated heterocycles. The highest BCUT2D eigenvalue weighted by atomic mass is 16.5. The van der Waals surface area contributed by atoms with Gasteiger partial charge in [-0.2, -0.15) is 0 Å². The Morgan fingerprint density at radius 1 is 1.14 bits per heavy atom. The van der Waals surface area contributed by atoms with Crippen molar-refractivity contribution in [1.29, 1.82) is 0 Å². The standard InChI is InChI=1S/C18H32N2O/c1-6-7-8-9-10-15(4)21-18-12-11-17(16(5)20-18)13-19-14(2)3/h11-12,14-15,19H,6-10,13H2,1-5H3. The Balaban J connectivity index is 2.43. The van der Waals surface area contributed by atoms with Crippen molar-refractivity contribution >= 4 is 0 Å². The molecule has 1 unspecified atom stereocenters. The molecule has 1 rings (SSSR count). The maximum Gasteiger partial charge on any atom is 0.213 e. The molecule has 0 amide bonds. The first-order chi connectivity index (χ1) is 10.0. The van der Waals surface area contributed by atoms with Gasteiger partial charge in [0.15, 0.2) is 0 Å². The highest BCUT2D eigenvalue weighted by Gasteiger charge is 2.07. The molecule has 1 aromatic rings. The van der Waals surface area contributed by atoms with E-state index < -0.39 is 0 Å². The third kappa shape index (κ3) is 7.47. The van der Waals surface area contributed by atoms with Crippen LogP contribution in [0, 0.1) is 6.92 Å². The van der Waals surface area contributed by atoms with Crippen molar-refractivity contribution in [3.05, 3.63) is 23.4 Å². The van der Waals surface area contributed by atoms with E-state index in [-0.39, 0.29) is 6.10 Å². The summed E-state index contributed by atoms with van der Waals surface area (Å²) in [5.74, 6) is 0.754.